The van der Waals surface area contributed by atoms with E-state index in [1.165, 1.54) is 29.9 Å². The number of unbranched alkanes of at least 4 members (excludes halogenated alkanes) is 1. The van der Waals surface area contributed by atoms with Crippen molar-refractivity contribution < 1.29 is 36.2 Å². The van der Waals surface area contributed by atoms with Gasteiger partial charge in [-0.3, -0.25) is 4.79 Å². The molecule has 1 heterocycles. The average Bonchev–Trinajstić information content (AvgIpc) is 2.70. The number of aryl methyl sites for hydroxylation is 1. The van der Waals surface area contributed by atoms with Gasteiger partial charge < -0.3 is 14.4 Å². The first-order valence-corrected chi connectivity index (χ1v) is 9.37. The number of hydrogen-bond donors (Lipinski definition) is 1. The van der Waals surface area contributed by atoms with Crippen molar-refractivity contribution in [3.8, 4) is 5.75 Å². The second-order valence-electron chi connectivity index (χ2n) is 7.15. The van der Waals surface area contributed by atoms with E-state index in [1.54, 1.807) is 0 Å². The predicted molar refractivity (Wildman–Crippen MR) is 103 cm³/mol. The summed E-state index contributed by atoms with van der Waals surface area (Å²) in [6.07, 6.45) is -10.6. The summed E-state index contributed by atoms with van der Waals surface area (Å²) in [6, 6.07) is 6.31. The van der Waals surface area contributed by atoms with Crippen LogP contribution >= 0.6 is 0 Å². The van der Waals surface area contributed by atoms with Crippen LogP contribution in [0.15, 0.2) is 41.2 Å². The molecule has 1 unspecified atom stereocenters. The van der Waals surface area contributed by atoms with Gasteiger partial charge in [-0.25, -0.2) is 4.39 Å². The SMILES string of the molecule is CCCCn1c(=O)c2ccc(OC)cc2c2cc(C(F)(C(O)(F)F)C(F)(F)F)ccc21. The van der Waals surface area contributed by atoms with Crippen LogP contribution in [0.4, 0.5) is 26.3 Å². The molecular weight excluding hydrogens is 428 g/mol. The fourth-order valence-corrected chi connectivity index (χ4v) is 3.56. The Bertz CT molecular complexity index is 1170. The summed E-state index contributed by atoms with van der Waals surface area (Å²) in [7, 11) is 1.33. The summed E-state index contributed by atoms with van der Waals surface area (Å²) >= 11 is 0. The van der Waals surface area contributed by atoms with E-state index in [4.69, 9.17) is 9.84 Å². The first kappa shape index (κ1) is 22.9. The highest BCUT2D eigenvalue weighted by molar-refractivity contribution is 6.06. The average molecular weight is 447 g/mol. The minimum absolute atomic E-state index is 0.0578. The Labute approximate surface area is 172 Å². The predicted octanol–water partition coefficient (Wildman–Crippen LogP) is 5.28. The Kier molecular flexibility index (Phi) is 5.72. The molecule has 1 aromatic heterocycles. The molecule has 168 valence electrons. The monoisotopic (exact) mass is 447 g/mol. The number of aliphatic hydroxyl groups is 1. The Balaban J connectivity index is 2.46. The first-order valence-electron chi connectivity index (χ1n) is 9.37. The lowest BCUT2D eigenvalue weighted by atomic mass is 9.91. The minimum Gasteiger partial charge on any atom is -0.497 e. The number of alkyl halides is 6. The molecule has 1 atom stereocenters. The van der Waals surface area contributed by atoms with E-state index >= 15 is 0 Å². The van der Waals surface area contributed by atoms with Crippen molar-refractivity contribution >= 4 is 21.7 Å². The molecule has 0 aliphatic heterocycles. The molecule has 3 rings (SSSR count). The maximum atomic E-state index is 14.8. The number of methoxy groups -OCH3 is 1. The molecule has 0 spiro atoms. The van der Waals surface area contributed by atoms with Crippen molar-refractivity contribution in [1.29, 1.82) is 0 Å². The quantitative estimate of drug-likeness (QED) is 0.414. The van der Waals surface area contributed by atoms with Gasteiger partial charge in [0.15, 0.2) is 0 Å². The largest absolute Gasteiger partial charge is 0.497 e. The van der Waals surface area contributed by atoms with Gasteiger partial charge in [-0.1, -0.05) is 19.4 Å². The summed E-state index contributed by atoms with van der Waals surface area (Å²) < 4.78 is 88.1. The number of nitrogens with zero attached hydrogens (tertiary/aromatic N) is 1. The van der Waals surface area contributed by atoms with Gasteiger partial charge in [-0.05, 0) is 36.8 Å². The second-order valence-corrected chi connectivity index (χ2v) is 7.15. The fourth-order valence-electron chi connectivity index (χ4n) is 3.56. The smallest absolute Gasteiger partial charge is 0.435 e. The van der Waals surface area contributed by atoms with Crippen molar-refractivity contribution in [2.24, 2.45) is 0 Å². The van der Waals surface area contributed by atoms with Crippen molar-refractivity contribution in [2.45, 2.75) is 44.3 Å². The highest BCUT2D eigenvalue weighted by Crippen LogP contribution is 2.51. The van der Waals surface area contributed by atoms with Crippen LogP contribution in [-0.2, 0) is 12.2 Å². The molecule has 0 amide bonds. The topological polar surface area (TPSA) is 51.5 Å². The fraction of sp³-hybridized carbons (Fsp3) is 0.381. The van der Waals surface area contributed by atoms with Crippen molar-refractivity contribution in [3.05, 3.63) is 52.3 Å². The van der Waals surface area contributed by atoms with Gasteiger partial charge in [-0.15, -0.1) is 0 Å². The van der Waals surface area contributed by atoms with Gasteiger partial charge in [-0.2, -0.15) is 22.0 Å². The van der Waals surface area contributed by atoms with E-state index in [2.05, 4.69) is 0 Å². The van der Waals surface area contributed by atoms with Crippen LogP contribution in [-0.4, -0.2) is 29.1 Å². The number of aromatic nitrogens is 1. The molecule has 1 N–H and O–H groups in total. The van der Waals surface area contributed by atoms with Crippen LogP contribution in [0.2, 0.25) is 0 Å². The molecule has 0 saturated carbocycles. The van der Waals surface area contributed by atoms with Crippen molar-refractivity contribution in [1.82, 2.24) is 4.57 Å². The first-order chi connectivity index (χ1) is 14.4. The van der Waals surface area contributed by atoms with Gasteiger partial charge in [0.05, 0.1) is 12.6 Å². The van der Waals surface area contributed by atoms with E-state index in [-0.39, 0.29) is 34.0 Å². The lowest BCUT2D eigenvalue weighted by Gasteiger charge is -2.32. The summed E-state index contributed by atoms with van der Waals surface area (Å²) in [6.45, 7) is 2.10. The molecule has 4 nitrogen and oxygen atoms in total. The van der Waals surface area contributed by atoms with Crippen LogP contribution in [0, 0.1) is 0 Å². The number of halogens is 6. The minimum atomic E-state index is -6.11. The molecule has 0 radical (unpaired) electrons. The number of benzene rings is 2. The molecule has 0 bridgehead atoms. The van der Waals surface area contributed by atoms with Gasteiger partial charge >= 0.3 is 18.0 Å². The number of pyridine rings is 1. The summed E-state index contributed by atoms with van der Waals surface area (Å²) in [5.74, 6) is 0.264. The van der Waals surface area contributed by atoms with Crippen LogP contribution in [0.5, 0.6) is 5.75 Å². The molecular formula is C21H19F6NO3. The molecule has 3 aromatic rings. The van der Waals surface area contributed by atoms with E-state index in [0.717, 1.165) is 6.07 Å². The van der Waals surface area contributed by atoms with Crippen molar-refractivity contribution in [3.63, 3.8) is 0 Å². The lowest BCUT2D eigenvalue weighted by molar-refractivity contribution is -0.375. The Morgan fingerprint density at radius 3 is 2.19 bits per heavy atom. The number of fused-ring (bicyclic) bond motifs is 3. The summed E-state index contributed by atoms with van der Waals surface area (Å²) in [4.78, 5) is 13.0. The zero-order valence-electron chi connectivity index (χ0n) is 16.6. The molecule has 0 aliphatic carbocycles. The molecule has 0 aliphatic rings. The Hall–Kier alpha value is -2.75. The van der Waals surface area contributed by atoms with Gasteiger partial charge in [0.25, 0.3) is 5.56 Å². The molecule has 2 aromatic carbocycles. The van der Waals surface area contributed by atoms with E-state index in [9.17, 15) is 31.1 Å². The van der Waals surface area contributed by atoms with E-state index in [0.29, 0.717) is 25.0 Å². The number of rotatable bonds is 6. The Morgan fingerprint density at radius 1 is 0.968 bits per heavy atom. The van der Waals surface area contributed by atoms with E-state index < -0.39 is 29.1 Å². The van der Waals surface area contributed by atoms with Crippen molar-refractivity contribution in [2.75, 3.05) is 7.11 Å². The van der Waals surface area contributed by atoms with Gasteiger partial charge in [0, 0.05) is 28.3 Å². The standard InChI is InChI=1S/C21H19F6NO3/c1-3-4-9-28-17-8-5-12(19(22,20(23,24)25)21(26,27)30)10-16(17)15-11-13(31-2)6-7-14(15)18(28)29/h5-8,10-11,30H,3-4,9H2,1-2H3. The lowest BCUT2D eigenvalue weighted by Crippen LogP contribution is -2.52. The Morgan fingerprint density at radius 2 is 1.65 bits per heavy atom. The van der Waals surface area contributed by atoms with Gasteiger partial charge in [0.2, 0.25) is 0 Å². The molecule has 0 saturated heterocycles. The third-order valence-corrected chi connectivity index (χ3v) is 5.22. The molecule has 10 heteroatoms. The summed E-state index contributed by atoms with van der Waals surface area (Å²) in [5, 5.41) is 8.96. The third kappa shape index (κ3) is 3.62. The zero-order valence-corrected chi connectivity index (χ0v) is 16.6. The van der Waals surface area contributed by atoms with Crippen LogP contribution in [0.3, 0.4) is 0 Å². The number of ether oxygens (including phenoxy) is 1. The normalized spacial score (nSPS) is 14.7. The number of hydrogen-bond acceptors (Lipinski definition) is 3. The summed E-state index contributed by atoms with van der Waals surface area (Å²) in [5.41, 5.74) is -7.11. The van der Waals surface area contributed by atoms with E-state index in [1.807, 2.05) is 6.92 Å². The molecule has 0 fully saturated rings. The van der Waals surface area contributed by atoms with Crippen LogP contribution < -0.4 is 10.3 Å². The van der Waals surface area contributed by atoms with Crippen LogP contribution in [0.1, 0.15) is 25.3 Å². The highest BCUT2D eigenvalue weighted by atomic mass is 19.4. The third-order valence-electron chi connectivity index (χ3n) is 5.22. The molecule has 31 heavy (non-hydrogen) atoms. The van der Waals surface area contributed by atoms with Crippen LogP contribution in [0.25, 0.3) is 21.7 Å². The second kappa shape index (κ2) is 7.74. The zero-order chi connectivity index (χ0) is 23.2. The maximum Gasteiger partial charge on any atom is 0.435 e. The maximum absolute atomic E-state index is 14.8. The van der Waals surface area contributed by atoms with Gasteiger partial charge in [0.1, 0.15) is 5.75 Å². The highest BCUT2D eigenvalue weighted by Gasteiger charge is 2.72.